The molecule has 1 aliphatic heterocycles. The minimum Gasteiger partial charge on any atom is -0.351 e. The van der Waals surface area contributed by atoms with E-state index in [1.54, 1.807) is 0 Å². The van der Waals surface area contributed by atoms with Crippen LogP contribution in [-0.4, -0.2) is 26.4 Å². The normalized spacial score (nSPS) is 14.9. The Hall–Kier alpha value is -2.14. The second kappa shape index (κ2) is 5.45. The van der Waals surface area contributed by atoms with E-state index in [9.17, 15) is 0 Å². The van der Waals surface area contributed by atoms with Crippen molar-refractivity contribution in [1.29, 1.82) is 0 Å². The summed E-state index contributed by atoms with van der Waals surface area (Å²) in [6.07, 6.45) is 0.976. The summed E-state index contributed by atoms with van der Waals surface area (Å²) in [5, 5.41) is 14.2. The fraction of sp³-hybridized carbons (Fsp3) is 0.389. The van der Waals surface area contributed by atoms with Crippen LogP contribution >= 0.6 is 11.6 Å². The fourth-order valence-electron chi connectivity index (χ4n) is 3.13. The van der Waals surface area contributed by atoms with Gasteiger partial charge in [0.2, 0.25) is 0 Å². The number of hydrogen-bond acceptors (Lipinski definition) is 4. The smallest absolute Gasteiger partial charge is 0.178 e. The number of hydrogen-bond donors (Lipinski definition) is 0. The van der Waals surface area contributed by atoms with E-state index in [-0.39, 0.29) is 5.41 Å². The molecule has 1 aliphatic rings. The summed E-state index contributed by atoms with van der Waals surface area (Å²) in [6.45, 7) is 8.15. The second-order valence-corrected chi connectivity index (χ2v) is 7.76. The highest BCUT2D eigenvalue weighted by Gasteiger charge is 2.23. The summed E-state index contributed by atoms with van der Waals surface area (Å²) in [5.74, 6) is 1.83. The van der Waals surface area contributed by atoms with Crippen LogP contribution in [0.2, 0.25) is 5.02 Å². The molecule has 0 bridgehead atoms. The van der Waals surface area contributed by atoms with E-state index in [4.69, 9.17) is 16.7 Å². The van der Waals surface area contributed by atoms with Crippen LogP contribution < -0.4 is 4.90 Å². The van der Waals surface area contributed by atoms with E-state index >= 15 is 0 Å². The van der Waals surface area contributed by atoms with E-state index in [0.717, 1.165) is 41.8 Å². The Morgan fingerprint density at radius 2 is 1.88 bits per heavy atom. The molecule has 0 radical (unpaired) electrons. The predicted octanol–water partition coefficient (Wildman–Crippen LogP) is 3.64. The zero-order valence-electron chi connectivity index (χ0n) is 14.1. The molecule has 0 aliphatic carbocycles. The van der Waals surface area contributed by atoms with Crippen molar-refractivity contribution in [3.05, 3.63) is 52.3 Å². The Labute approximate surface area is 146 Å². The molecule has 0 saturated heterocycles. The maximum atomic E-state index is 6.10. The van der Waals surface area contributed by atoms with Gasteiger partial charge in [-0.1, -0.05) is 38.4 Å². The maximum absolute atomic E-state index is 6.10. The lowest BCUT2D eigenvalue weighted by Gasteiger charge is -2.30. The van der Waals surface area contributed by atoms with Gasteiger partial charge in [-0.05, 0) is 41.8 Å². The third-order valence-electron chi connectivity index (χ3n) is 4.42. The average Bonchev–Trinajstić information content (AvgIpc) is 2.97. The maximum Gasteiger partial charge on any atom is 0.178 e. The highest BCUT2D eigenvalue weighted by atomic mass is 35.5. The van der Waals surface area contributed by atoms with Crippen LogP contribution in [0.25, 0.3) is 5.65 Å². The van der Waals surface area contributed by atoms with Gasteiger partial charge < -0.3 is 4.90 Å². The molecule has 5 nitrogen and oxygen atoms in total. The molecule has 3 aromatic rings. The van der Waals surface area contributed by atoms with Gasteiger partial charge in [-0.3, -0.25) is 0 Å². The van der Waals surface area contributed by atoms with E-state index in [2.05, 4.69) is 48.0 Å². The summed E-state index contributed by atoms with van der Waals surface area (Å²) in [4.78, 5) is 2.29. The van der Waals surface area contributed by atoms with Gasteiger partial charge in [0.05, 0.1) is 0 Å². The number of rotatable bonds is 1. The highest BCUT2D eigenvalue weighted by Crippen LogP contribution is 2.26. The van der Waals surface area contributed by atoms with Crippen molar-refractivity contribution < 1.29 is 0 Å². The summed E-state index contributed by atoms with van der Waals surface area (Å²) in [5.41, 5.74) is 3.33. The Bertz CT molecular complexity index is 909. The first-order chi connectivity index (χ1) is 11.4. The molecule has 0 saturated carbocycles. The van der Waals surface area contributed by atoms with Crippen molar-refractivity contribution in [3.63, 3.8) is 0 Å². The molecular formula is C18H20ClN5. The Morgan fingerprint density at radius 3 is 2.67 bits per heavy atom. The minimum atomic E-state index is -0.101. The van der Waals surface area contributed by atoms with Gasteiger partial charge >= 0.3 is 0 Å². The van der Waals surface area contributed by atoms with Crippen LogP contribution in [0.5, 0.6) is 0 Å². The Morgan fingerprint density at radius 1 is 1.04 bits per heavy atom. The highest BCUT2D eigenvalue weighted by molar-refractivity contribution is 6.30. The molecule has 24 heavy (non-hydrogen) atoms. The summed E-state index contributed by atoms with van der Waals surface area (Å²) in [6, 6.07) is 10.2. The standard InChI is InChI=1S/C18H20ClN5/c1-18(2,3)17-21-20-15-6-7-16(22-24(15)17)23-9-8-12-10-14(19)5-4-13(12)11-23/h4-7,10H,8-9,11H2,1-3H3. The van der Waals surface area contributed by atoms with Gasteiger partial charge in [-0.25, -0.2) is 0 Å². The zero-order chi connectivity index (χ0) is 16.9. The molecule has 6 heteroatoms. The third kappa shape index (κ3) is 2.63. The van der Waals surface area contributed by atoms with Crippen LogP contribution in [0.1, 0.15) is 37.7 Å². The number of aromatic nitrogens is 4. The van der Waals surface area contributed by atoms with E-state index < -0.39 is 0 Å². The number of fused-ring (bicyclic) bond motifs is 2. The van der Waals surface area contributed by atoms with Gasteiger partial charge in [-0.2, -0.15) is 4.52 Å². The van der Waals surface area contributed by atoms with Crippen LogP contribution in [-0.2, 0) is 18.4 Å². The van der Waals surface area contributed by atoms with Crippen molar-refractivity contribution in [2.75, 3.05) is 11.4 Å². The first-order valence-corrected chi connectivity index (χ1v) is 8.55. The molecule has 0 N–H and O–H groups in total. The Kier molecular flexibility index (Phi) is 3.49. The minimum absolute atomic E-state index is 0.101. The van der Waals surface area contributed by atoms with E-state index in [1.165, 1.54) is 11.1 Å². The van der Waals surface area contributed by atoms with Crippen molar-refractivity contribution in [2.24, 2.45) is 0 Å². The number of nitrogens with zero attached hydrogens (tertiary/aromatic N) is 5. The van der Waals surface area contributed by atoms with Crippen LogP contribution in [0.15, 0.2) is 30.3 Å². The molecule has 1 aromatic carbocycles. The van der Waals surface area contributed by atoms with Crippen molar-refractivity contribution in [2.45, 2.75) is 39.2 Å². The summed E-state index contributed by atoms with van der Waals surface area (Å²) >= 11 is 6.10. The van der Waals surface area contributed by atoms with Gasteiger partial charge in [0.25, 0.3) is 0 Å². The lowest BCUT2D eigenvalue weighted by Crippen LogP contribution is -2.31. The topological polar surface area (TPSA) is 46.3 Å². The predicted molar refractivity (Wildman–Crippen MR) is 95.7 cm³/mol. The molecule has 0 atom stereocenters. The average molecular weight is 342 g/mol. The molecule has 3 heterocycles. The van der Waals surface area contributed by atoms with Gasteiger partial charge in [-0.15, -0.1) is 15.3 Å². The number of benzene rings is 1. The second-order valence-electron chi connectivity index (χ2n) is 7.32. The Balaban J connectivity index is 1.71. The zero-order valence-corrected chi connectivity index (χ0v) is 14.9. The summed E-state index contributed by atoms with van der Waals surface area (Å²) < 4.78 is 1.87. The van der Waals surface area contributed by atoms with Gasteiger partial charge in [0.15, 0.2) is 11.5 Å². The molecule has 0 amide bonds. The molecule has 124 valence electrons. The fourth-order valence-corrected chi connectivity index (χ4v) is 3.33. The molecule has 0 unspecified atom stereocenters. The molecular weight excluding hydrogens is 322 g/mol. The van der Waals surface area contributed by atoms with Crippen molar-refractivity contribution in [1.82, 2.24) is 19.8 Å². The monoisotopic (exact) mass is 341 g/mol. The lowest BCUT2D eigenvalue weighted by molar-refractivity contribution is 0.525. The first kappa shape index (κ1) is 15.4. The molecule has 0 fully saturated rings. The van der Waals surface area contributed by atoms with Gasteiger partial charge in [0.1, 0.15) is 5.82 Å². The van der Waals surface area contributed by atoms with Crippen molar-refractivity contribution >= 4 is 23.1 Å². The van der Waals surface area contributed by atoms with Crippen LogP contribution in [0, 0.1) is 0 Å². The quantitative estimate of drug-likeness (QED) is 0.678. The third-order valence-corrected chi connectivity index (χ3v) is 4.66. The lowest BCUT2D eigenvalue weighted by atomic mass is 9.96. The SMILES string of the molecule is CC(C)(C)c1nnc2ccc(N3CCc4cc(Cl)ccc4C3)nn12. The van der Waals surface area contributed by atoms with Crippen LogP contribution in [0.4, 0.5) is 5.82 Å². The largest absolute Gasteiger partial charge is 0.351 e. The first-order valence-electron chi connectivity index (χ1n) is 8.17. The van der Waals surface area contributed by atoms with Crippen LogP contribution in [0.3, 0.4) is 0 Å². The number of anilines is 1. The van der Waals surface area contributed by atoms with E-state index in [1.807, 2.05) is 22.7 Å². The molecule has 2 aromatic heterocycles. The van der Waals surface area contributed by atoms with Crippen molar-refractivity contribution in [3.8, 4) is 0 Å². The molecule has 0 spiro atoms. The van der Waals surface area contributed by atoms with E-state index in [0.29, 0.717) is 0 Å². The number of halogens is 1. The summed E-state index contributed by atoms with van der Waals surface area (Å²) in [7, 11) is 0. The molecule has 4 rings (SSSR count). The van der Waals surface area contributed by atoms with Gasteiger partial charge in [0, 0.05) is 23.5 Å².